The number of sulfone groups is 1. The Labute approximate surface area is 151 Å². The largest absolute Gasteiger partial charge is 0.273 e. The van der Waals surface area contributed by atoms with Gasteiger partial charge in [0.2, 0.25) is 0 Å². The van der Waals surface area contributed by atoms with Crippen LogP contribution in [0.25, 0.3) is 6.08 Å². The summed E-state index contributed by atoms with van der Waals surface area (Å²) < 4.78 is 63.3. The van der Waals surface area contributed by atoms with E-state index in [1.165, 1.54) is 6.08 Å². The zero-order valence-corrected chi connectivity index (χ0v) is 15.3. The molecule has 0 saturated carbocycles. The molecule has 1 unspecified atom stereocenters. The first-order chi connectivity index (χ1) is 12.1. The van der Waals surface area contributed by atoms with Crippen molar-refractivity contribution in [3.05, 3.63) is 71.4 Å². The van der Waals surface area contributed by atoms with E-state index in [1.54, 1.807) is 35.1 Å². The van der Waals surface area contributed by atoms with Gasteiger partial charge in [0.05, 0.1) is 10.3 Å². The Hall–Kier alpha value is -2.52. The molecule has 0 aliphatic heterocycles. The van der Waals surface area contributed by atoms with E-state index >= 15 is 0 Å². The fourth-order valence-corrected chi connectivity index (χ4v) is 4.16. The van der Waals surface area contributed by atoms with Crippen LogP contribution < -0.4 is 4.72 Å². The van der Waals surface area contributed by atoms with Crippen LogP contribution in [-0.2, 0) is 24.7 Å². The second-order valence-corrected chi connectivity index (χ2v) is 9.20. The van der Waals surface area contributed by atoms with E-state index in [1.807, 2.05) is 0 Å². The number of sulfonamides is 1. The summed E-state index contributed by atoms with van der Waals surface area (Å²) >= 11 is 0. The van der Waals surface area contributed by atoms with E-state index in [2.05, 4.69) is 0 Å². The molecule has 0 heterocycles. The normalized spacial score (nSPS) is 13.5. The third-order valence-corrected chi connectivity index (χ3v) is 6.51. The summed E-state index contributed by atoms with van der Waals surface area (Å²) in [4.78, 5) is 11.8. The number of carbonyl (C=O) groups is 1. The topological polar surface area (TPSA) is 97.4 Å². The minimum atomic E-state index is -4.18. The number of hydrogen-bond donors (Lipinski definition) is 1. The molecule has 0 radical (unpaired) electrons. The molecule has 0 fully saturated rings. The van der Waals surface area contributed by atoms with Gasteiger partial charge in [-0.05, 0) is 42.8 Å². The van der Waals surface area contributed by atoms with Crippen molar-refractivity contribution in [3.63, 3.8) is 0 Å². The summed E-state index contributed by atoms with van der Waals surface area (Å²) in [5.41, 5.74) is 0.595. The highest BCUT2D eigenvalue weighted by Crippen LogP contribution is 2.17. The minimum absolute atomic E-state index is 0.279. The highest BCUT2D eigenvalue weighted by molar-refractivity contribution is 7.94. The fraction of sp³-hybridized carbons (Fsp3) is 0.118. The van der Waals surface area contributed by atoms with Gasteiger partial charge in [-0.3, -0.25) is 4.79 Å². The van der Waals surface area contributed by atoms with Gasteiger partial charge in [-0.15, -0.1) is 0 Å². The molecule has 0 spiro atoms. The van der Waals surface area contributed by atoms with E-state index in [-0.39, 0.29) is 4.90 Å². The number of rotatable bonds is 6. The summed E-state index contributed by atoms with van der Waals surface area (Å²) in [5, 5.41) is -0.898. The highest BCUT2D eigenvalue weighted by Gasteiger charge is 2.31. The van der Waals surface area contributed by atoms with E-state index < -0.39 is 36.8 Å². The van der Waals surface area contributed by atoms with Crippen molar-refractivity contribution >= 4 is 31.8 Å². The maximum atomic E-state index is 12.9. The van der Waals surface area contributed by atoms with Gasteiger partial charge in [0.25, 0.3) is 15.9 Å². The van der Waals surface area contributed by atoms with Crippen molar-refractivity contribution in [2.75, 3.05) is 0 Å². The van der Waals surface area contributed by atoms with Gasteiger partial charge in [-0.2, -0.15) is 0 Å². The van der Waals surface area contributed by atoms with Crippen LogP contribution in [0.2, 0.25) is 0 Å². The van der Waals surface area contributed by atoms with Crippen molar-refractivity contribution in [3.8, 4) is 0 Å². The fourth-order valence-electron chi connectivity index (χ4n) is 1.96. The molecule has 2 rings (SSSR count). The molecule has 1 N–H and O–H groups in total. The lowest BCUT2D eigenvalue weighted by molar-refractivity contribution is -0.118. The van der Waals surface area contributed by atoms with Gasteiger partial charge in [0.1, 0.15) is 11.1 Å². The quantitative estimate of drug-likeness (QED) is 0.753. The first-order valence-electron chi connectivity index (χ1n) is 7.41. The summed E-state index contributed by atoms with van der Waals surface area (Å²) in [6, 6.07) is 12.4. The van der Waals surface area contributed by atoms with Crippen LogP contribution in [-0.4, -0.2) is 28.0 Å². The Morgan fingerprint density at radius 3 is 2.15 bits per heavy atom. The molecule has 9 heteroatoms. The zero-order chi connectivity index (χ0) is 19.4. The third-order valence-electron chi connectivity index (χ3n) is 3.46. The molecule has 0 aliphatic carbocycles. The molecule has 0 bridgehead atoms. The molecule has 2 aromatic rings. The maximum Gasteiger partial charge on any atom is 0.257 e. The SMILES string of the molecule is CC(C(=O)NS(=O)(=O)C=Cc1ccccc1)S(=O)(=O)c1ccc(F)cc1. The van der Waals surface area contributed by atoms with E-state index in [0.29, 0.717) is 5.56 Å². The van der Waals surface area contributed by atoms with Crippen LogP contribution in [0.1, 0.15) is 12.5 Å². The van der Waals surface area contributed by atoms with E-state index in [0.717, 1.165) is 36.6 Å². The van der Waals surface area contributed by atoms with Crippen molar-refractivity contribution < 1.29 is 26.0 Å². The second kappa shape index (κ2) is 7.79. The molecule has 1 amide bonds. The van der Waals surface area contributed by atoms with Gasteiger partial charge < -0.3 is 0 Å². The number of halogens is 1. The van der Waals surface area contributed by atoms with Gasteiger partial charge in [0.15, 0.2) is 9.84 Å². The third kappa shape index (κ3) is 4.99. The van der Waals surface area contributed by atoms with Crippen molar-refractivity contribution in [1.29, 1.82) is 0 Å². The average Bonchev–Trinajstić information content (AvgIpc) is 2.60. The molecule has 0 aromatic heterocycles. The molecular weight excluding hydrogens is 381 g/mol. The van der Waals surface area contributed by atoms with Crippen LogP contribution >= 0.6 is 0 Å². The first kappa shape index (κ1) is 19.8. The summed E-state index contributed by atoms with van der Waals surface area (Å²) in [5.74, 6) is -1.83. The number of hydrogen-bond acceptors (Lipinski definition) is 5. The molecule has 26 heavy (non-hydrogen) atoms. The van der Waals surface area contributed by atoms with E-state index in [9.17, 15) is 26.0 Å². The molecular formula is C17H16FNO5S2. The molecule has 2 aromatic carbocycles. The highest BCUT2D eigenvalue weighted by atomic mass is 32.2. The lowest BCUT2D eigenvalue weighted by Gasteiger charge is -2.12. The number of nitrogens with one attached hydrogen (secondary N) is 1. The van der Waals surface area contributed by atoms with Crippen molar-refractivity contribution in [2.24, 2.45) is 0 Å². The van der Waals surface area contributed by atoms with Gasteiger partial charge in [-0.1, -0.05) is 30.3 Å². The molecule has 1 atom stereocenters. The zero-order valence-electron chi connectivity index (χ0n) is 13.7. The molecule has 0 saturated heterocycles. The predicted octanol–water partition coefficient (Wildman–Crippen LogP) is 2.10. The summed E-state index contributed by atoms with van der Waals surface area (Å²) in [6.07, 6.45) is 1.27. The Bertz CT molecular complexity index is 1010. The number of carbonyl (C=O) groups excluding carboxylic acids is 1. The molecule has 0 aliphatic rings. The van der Waals surface area contributed by atoms with E-state index in [4.69, 9.17) is 0 Å². The first-order valence-corrected chi connectivity index (χ1v) is 10.5. The Balaban J connectivity index is 2.15. The Kier molecular flexibility index (Phi) is 5.94. The predicted molar refractivity (Wildman–Crippen MR) is 95.6 cm³/mol. The summed E-state index contributed by atoms with van der Waals surface area (Å²) in [6.45, 7) is 1.06. The van der Waals surface area contributed by atoms with Crippen molar-refractivity contribution in [1.82, 2.24) is 4.72 Å². The number of benzene rings is 2. The monoisotopic (exact) mass is 397 g/mol. The van der Waals surface area contributed by atoms with Crippen LogP contribution in [0.15, 0.2) is 64.9 Å². The maximum absolute atomic E-state index is 12.9. The standard InChI is InChI=1S/C17H16FNO5S2/c1-13(26(23,24)16-9-7-15(18)8-10-16)17(20)19-25(21,22)12-11-14-5-3-2-4-6-14/h2-13H,1H3,(H,19,20). The van der Waals surface area contributed by atoms with Crippen LogP contribution in [0.3, 0.4) is 0 Å². The molecule has 6 nitrogen and oxygen atoms in total. The van der Waals surface area contributed by atoms with Crippen molar-refractivity contribution in [2.45, 2.75) is 17.1 Å². The lowest BCUT2D eigenvalue weighted by Crippen LogP contribution is -2.40. The van der Waals surface area contributed by atoms with Gasteiger partial charge in [0, 0.05) is 0 Å². The van der Waals surface area contributed by atoms with Gasteiger partial charge >= 0.3 is 0 Å². The van der Waals surface area contributed by atoms with Gasteiger partial charge in [-0.25, -0.2) is 25.9 Å². The van der Waals surface area contributed by atoms with Crippen LogP contribution in [0, 0.1) is 5.82 Å². The minimum Gasteiger partial charge on any atom is -0.273 e. The van der Waals surface area contributed by atoms with Crippen LogP contribution in [0.4, 0.5) is 4.39 Å². The Morgan fingerprint density at radius 1 is 1.00 bits per heavy atom. The smallest absolute Gasteiger partial charge is 0.257 e. The average molecular weight is 397 g/mol. The Morgan fingerprint density at radius 2 is 1.58 bits per heavy atom. The lowest BCUT2D eigenvalue weighted by atomic mass is 10.2. The summed E-state index contributed by atoms with van der Waals surface area (Å²) in [7, 11) is -8.34. The van der Waals surface area contributed by atoms with Crippen LogP contribution in [0.5, 0.6) is 0 Å². The molecule has 138 valence electrons. The number of amides is 1. The second-order valence-electron chi connectivity index (χ2n) is 5.37.